The van der Waals surface area contributed by atoms with Gasteiger partial charge in [-0.1, -0.05) is 30.3 Å². The van der Waals surface area contributed by atoms with Crippen molar-refractivity contribution in [2.24, 2.45) is 17.2 Å². The van der Waals surface area contributed by atoms with Gasteiger partial charge in [0.2, 0.25) is 23.6 Å². The molecule has 0 aliphatic carbocycles. The number of carbonyl (C=O) groups is 5. The molecular weight excluding hydrogens is 382 g/mol. The Morgan fingerprint density at radius 2 is 1.48 bits per heavy atom. The lowest BCUT2D eigenvalue weighted by molar-refractivity contribution is -0.143. The summed E-state index contributed by atoms with van der Waals surface area (Å²) in [4.78, 5) is 58.0. The lowest BCUT2D eigenvalue weighted by atomic mass is 10.0. The number of primary amides is 2. The van der Waals surface area contributed by atoms with Crippen molar-refractivity contribution < 1.29 is 29.1 Å². The van der Waals surface area contributed by atoms with Crippen molar-refractivity contribution in [3.63, 3.8) is 0 Å². The maximum Gasteiger partial charge on any atom is 0.326 e. The number of nitrogens with two attached hydrogens (primary N) is 3. The highest BCUT2D eigenvalue weighted by molar-refractivity contribution is 5.93. The molecule has 29 heavy (non-hydrogen) atoms. The molecule has 1 rings (SSSR count). The van der Waals surface area contributed by atoms with Crippen LogP contribution in [0, 0.1) is 0 Å². The molecule has 0 spiro atoms. The van der Waals surface area contributed by atoms with Crippen molar-refractivity contribution in [2.45, 2.75) is 43.8 Å². The Balaban J connectivity index is 2.82. The zero-order valence-corrected chi connectivity index (χ0v) is 15.7. The number of carboxylic acid groups (broad SMARTS) is 1. The van der Waals surface area contributed by atoms with E-state index in [1.807, 2.05) is 6.07 Å². The standard InChI is InChI=1S/C18H25N5O6/c19-11(8-10-4-2-1-3-5-10)16(26)22-12(6-7-14(20)24)17(27)23-13(18(28)29)9-15(21)25/h1-5,11-13H,6-9,19H2,(H2,20,24)(H2,21,25)(H,22,26)(H,23,27)(H,28,29). The van der Waals surface area contributed by atoms with Crippen LogP contribution < -0.4 is 27.8 Å². The summed E-state index contributed by atoms with van der Waals surface area (Å²) in [5.41, 5.74) is 16.7. The van der Waals surface area contributed by atoms with E-state index in [4.69, 9.17) is 22.3 Å². The van der Waals surface area contributed by atoms with E-state index in [2.05, 4.69) is 10.6 Å². The van der Waals surface area contributed by atoms with Gasteiger partial charge in [-0.15, -0.1) is 0 Å². The molecule has 4 amide bonds. The quantitative estimate of drug-likeness (QED) is 0.224. The predicted molar refractivity (Wildman–Crippen MR) is 102 cm³/mol. The highest BCUT2D eigenvalue weighted by atomic mass is 16.4. The summed E-state index contributed by atoms with van der Waals surface area (Å²) in [6, 6.07) is 5.11. The first kappa shape index (κ1) is 23.6. The number of carboxylic acids is 1. The summed E-state index contributed by atoms with van der Waals surface area (Å²) in [5.74, 6) is -4.68. The molecule has 0 radical (unpaired) electrons. The third-order valence-electron chi connectivity index (χ3n) is 3.97. The zero-order valence-electron chi connectivity index (χ0n) is 15.7. The number of benzene rings is 1. The predicted octanol–water partition coefficient (Wildman–Crippen LogP) is -2.25. The molecule has 0 aliphatic heterocycles. The average Bonchev–Trinajstić information content (AvgIpc) is 2.64. The summed E-state index contributed by atoms with van der Waals surface area (Å²) in [6.07, 6.45) is -0.838. The van der Waals surface area contributed by atoms with Crippen LogP contribution in [0.4, 0.5) is 0 Å². The minimum atomic E-state index is -1.58. The van der Waals surface area contributed by atoms with Crippen molar-refractivity contribution in [3.8, 4) is 0 Å². The average molecular weight is 407 g/mol. The van der Waals surface area contributed by atoms with E-state index in [-0.39, 0.29) is 19.3 Å². The van der Waals surface area contributed by atoms with Gasteiger partial charge in [-0.3, -0.25) is 19.2 Å². The van der Waals surface area contributed by atoms with E-state index in [0.29, 0.717) is 0 Å². The second-order valence-corrected chi connectivity index (χ2v) is 6.43. The monoisotopic (exact) mass is 407 g/mol. The Bertz CT molecular complexity index is 754. The molecule has 0 saturated carbocycles. The first-order valence-corrected chi connectivity index (χ1v) is 8.79. The van der Waals surface area contributed by atoms with Gasteiger partial charge in [-0.25, -0.2) is 4.79 Å². The van der Waals surface area contributed by atoms with E-state index in [1.165, 1.54) is 0 Å². The van der Waals surface area contributed by atoms with Crippen LogP contribution in [0.5, 0.6) is 0 Å². The minimum Gasteiger partial charge on any atom is -0.480 e. The second-order valence-electron chi connectivity index (χ2n) is 6.43. The third kappa shape index (κ3) is 8.84. The van der Waals surface area contributed by atoms with Crippen molar-refractivity contribution in [3.05, 3.63) is 35.9 Å². The van der Waals surface area contributed by atoms with Gasteiger partial charge in [0, 0.05) is 6.42 Å². The van der Waals surface area contributed by atoms with Gasteiger partial charge in [0.25, 0.3) is 0 Å². The Hall–Kier alpha value is -3.47. The first-order chi connectivity index (χ1) is 13.6. The smallest absolute Gasteiger partial charge is 0.326 e. The van der Waals surface area contributed by atoms with Gasteiger partial charge in [0.15, 0.2) is 0 Å². The van der Waals surface area contributed by atoms with E-state index in [0.717, 1.165) is 5.56 Å². The lowest BCUT2D eigenvalue weighted by Crippen LogP contribution is -2.55. The van der Waals surface area contributed by atoms with Crippen LogP contribution in [-0.2, 0) is 30.4 Å². The van der Waals surface area contributed by atoms with Gasteiger partial charge >= 0.3 is 5.97 Å². The molecule has 3 unspecified atom stereocenters. The number of rotatable bonds is 12. The summed E-state index contributed by atoms with van der Waals surface area (Å²) in [7, 11) is 0. The second kappa shape index (κ2) is 11.4. The van der Waals surface area contributed by atoms with Gasteiger partial charge in [-0.05, 0) is 18.4 Å². The molecule has 3 atom stereocenters. The van der Waals surface area contributed by atoms with Gasteiger partial charge in [0.1, 0.15) is 12.1 Å². The molecular formula is C18H25N5O6. The van der Waals surface area contributed by atoms with Crippen molar-refractivity contribution in [2.75, 3.05) is 0 Å². The fourth-order valence-corrected chi connectivity index (χ4v) is 2.47. The summed E-state index contributed by atoms with van der Waals surface area (Å²) >= 11 is 0. The molecule has 158 valence electrons. The lowest BCUT2D eigenvalue weighted by Gasteiger charge is -2.22. The molecule has 11 heteroatoms. The van der Waals surface area contributed by atoms with Gasteiger partial charge < -0.3 is 32.9 Å². The Morgan fingerprint density at radius 3 is 2.00 bits per heavy atom. The highest BCUT2D eigenvalue weighted by Gasteiger charge is 2.29. The summed E-state index contributed by atoms with van der Waals surface area (Å²) in [6.45, 7) is 0. The van der Waals surface area contributed by atoms with Crippen LogP contribution in [0.1, 0.15) is 24.8 Å². The summed E-state index contributed by atoms with van der Waals surface area (Å²) < 4.78 is 0. The molecule has 1 aromatic carbocycles. The van der Waals surface area contributed by atoms with Crippen LogP contribution in [-0.4, -0.2) is 52.8 Å². The van der Waals surface area contributed by atoms with Crippen molar-refractivity contribution >= 4 is 29.6 Å². The number of nitrogens with one attached hydrogen (secondary N) is 2. The molecule has 9 N–H and O–H groups in total. The third-order valence-corrected chi connectivity index (χ3v) is 3.97. The van der Waals surface area contributed by atoms with Crippen molar-refractivity contribution in [1.29, 1.82) is 0 Å². The van der Waals surface area contributed by atoms with Crippen LogP contribution in [0.15, 0.2) is 30.3 Å². The Kier molecular flexibility index (Phi) is 9.26. The van der Waals surface area contributed by atoms with E-state index < -0.39 is 54.1 Å². The Labute approximate surface area is 167 Å². The molecule has 0 bridgehead atoms. The fourth-order valence-electron chi connectivity index (χ4n) is 2.47. The first-order valence-electron chi connectivity index (χ1n) is 8.79. The molecule has 0 aliphatic rings. The number of amides is 4. The van der Waals surface area contributed by atoms with Crippen LogP contribution >= 0.6 is 0 Å². The topological polar surface area (TPSA) is 208 Å². The van der Waals surface area contributed by atoms with E-state index in [1.54, 1.807) is 24.3 Å². The molecule has 11 nitrogen and oxygen atoms in total. The molecule has 0 fully saturated rings. The molecule has 0 saturated heterocycles. The van der Waals surface area contributed by atoms with Gasteiger partial charge in [0.05, 0.1) is 12.5 Å². The molecule has 0 heterocycles. The summed E-state index contributed by atoms with van der Waals surface area (Å²) in [5, 5.41) is 13.6. The number of hydrogen-bond acceptors (Lipinski definition) is 6. The highest BCUT2D eigenvalue weighted by Crippen LogP contribution is 2.04. The van der Waals surface area contributed by atoms with Crippen LogP contribution in [0.3, 0.4) is 0 Å². The van der Waals surface area contributed by atoms with Crippen LogP contribution in [0.25, 0.3) is 0 Å². The largest absolute Gasteiger partial charge is 0.480 e. The minimum absolute atomic E-state index is 0.173. The molecule has 0 aromatic heterocycles. The van der Waals surface area contributed by atoms with Crippen LogP contribution in [0.2, 0.25) is 0 Å². The normalized spacial score (nSPS) is 13.6. The maximum atomic E-state index is 12.4. The maximum absolute atomic E-state index is 12.4. The number of carbonyl (C=O) groups excluding carboxylic acids is 4. The molecule has 1 aromatic rings. The van der Waals surface area contributed by atoms with E-state index >= 15 is 0 Å². The zero-order chi connectivity index (χ0) is 22.0. The Morgan fingerprint density at radius 1 is 0.897 bits per heavy atom. The van der Waals surface area contributed by atoms with Crippen molar-refractivity contribution in [1.82, 2.24) is 10.6 Å². The SMILES string of the molecule is NC(=O)CCC(NC(=O)C(N)Cc1ccccc1)C(=O)NC(CC(N)=O)C(=O)O. The number of aliphatic carboxylic acids is 1. The fraction of sp³-hybridized carbons (Fsp3) is 0.389. The van der Waals surface area contributed by atoms with E-state index in [9.17, 15) is 24.0 Å². The van der Waals surface area contributed by atoms with Gasteiger partial charge in [-0.2, -0.15) is 0 Å². The number of hydrogen-bond donors (Lipinski definition) is 6.